The lowest BCUT2D eigenvalue weighted by atomic mass is 9.95. The van der Waals surface area contributed by atoms with Crippen molar-refractivity contribution in [2.45, 2.75) is 32.6 Å². The van der Waals surface area contributed by atoms with Crippen LogP contribution in [0.5, 0.6) is 0 Å². The number of para-hydroxylation sites is 1. The van der Waals surface area contributed by atoms with Crippen LogP contribution in [0.2, 0.25) is 5.02 Å². The third-order valence-electron chi connectivity index (χ3n) is 5.11. The van der Waals surface area contributed by atoms with Gasteiger partial charge in [-0.3, -0.25) is 9.59 Å². The number of hydrogen-bond acceptors (Lipinski definition) is 3. The third-order valence-corrected chi connectivity index (χ3v) is 6.55. The molecule has 2 amide bonds. The van der Waals surface area contributed by atoms with Crippen LogP contribution in [0.4, 0.5) is 10.7 Å². The van der Waals surface area contributed by atoms with Gasteiger partial charge in [0.15, 0.2) is 0 Å². The Kier molecular flexibility index (Phi) is 5.69. The first-order chi connectivity index (χ1) is 14.0. The lowest BCUT2D eigenvalue weighted by molar-refractivity contribution is 0.102. The number of nitrogens with one attached hydrogen (secondary N) is 2. The second-order valence-electron chi connectivity index (χ2n) is 7.15. The number of benzene rings is 2. The van der Waals surface area contributed by atoms with Gasteiger partial charge in [0, 0.05) is 21.2 Å². The van der Waals surface area contributed by atoms with Gasteiger partial charge in [-0.1, -0.05) is 35.9 Å². The van der Waals surface area contributed by atoms with Crippen LogP contribution >= 0.6 is 22.9 Å². The minimum atomic E-state index is -0.268. The van der Waals surface area contributed by atoms with Crippen molar-refractivity contribution in [2.24, 2.45) is 0 Å². The van der Waals surface area contributed by atoms with Gasteiger partial charge in [-0.25, -0.2) is 0 Å². The van der Waals surface area contributed by atoms with Crippen LogP contribution < -0.4 is 10.6 Å². The summed E-state index contributed by atoms with van der Waals surface area (Å²) in [7, 11) is 0. The molecule has 0 spiro atoms. The number of aryl methyl sites for hydroxylation is 2. The number of rotatable bonds is 4. The molecule has 0 aliphatic heterocycles. The van der Waals surface area contributed by atoms with E-state index in [2.05, 4.69) is 10.6 Å². The van der Waals surface area contributed by atoms with E-state index in [0.717, 1.165) is 42.5 Å². The smallest absolute Gasteiger partial charge is 0.258 e. The number of thiophene rings is 1. The first-order valence-corrected chi connectivity index (χ1v) is 10.8. The fraction of sp³-hybridized carbons (Fsp3) is 0.217. The maximum absolute atomic E-state index is 13.2. The molecule has 0 fully saturated rings. The summed E-state index contributed by atoms with van der Waals surface area (Å²) in [6, 6.07) is 14.5. The van der Waals surface area contributed by atoms with Gasteiger partial charge in [0.25, 0.3) is 11.8 Å². The SMILES string of the molecule is Cc1ccccc1NC(=O)c1c(NC(=O)c2cccc(Cl)c2)sc2c1CCCC2. The van der Waals surface area contributed by atoms with Gasteiger partial charge < -0.3 is 10.6 Å². The maximum atomic E-state index is 13.2. The normalized spacial score (nSPS) is 12.9. The second kappa shape index (κ2) is 8.39. The number of anilines is 2. The van der Waals surface area contributed by atoms with Crippen LogP contribution in [-0.2, 0) is 12.8 Å². The molecule has 0 atom stereocenters. The minimum Gasteiger partial charge on any atom is -0.322 e. The summed E-state index contributed by atoms with van der Waals surface area (Å²) in [5.41, 5.74) is 3.89. The summed E-state index contributed by atoms with van der Waals surface area (Å²) in [4.78, 5) is 27.2. The second-order valence-corrected chi connectivity index (χ2v) is 8.69. The average Bonchev–Trinajstić information content (AvgIpc) is 3.07. The maximum Gasteiger partial charge on any atom is 0.258 e. The molecule has 1 aromatic heterocycles. The van der Waals surface area contributed by atoms with E-state index in [9.17, 15) is 9.59 Å². The van der Waals surface area contributed by atoms with E-state index in [-0.39, 0.29) is 11.8 Å². The Hall–Kier alpha value is -2.63. The van der Waals surface area contributed by atoms with E-state index in [4.69, 9.17) is 11.6 Å². The quantitative estimate of drug-likeness (QED) is 0.532. The van der Waals surface area contributed by atoms with E-state index in [1.807, 2.05) is 31.2 Å². The van der Waals surface area contributed by atoms with E-state index in [1.165, 1.54) is 16.2 Å². The molecule has 4 nitrogen and oxygen atoms in total. The summed E-state index contributed by atoms with van der Waals surface area (Å²) in [6.07, 6.45) is 3.96. The van der Waals surface area contributed by atoms with Crippen LogP contribution in [0.15, 0.2) is 48.5 Å². The number of carbonyl (C=O) groups excluding carboxylic acids is 2. The van der Waals surface area contributed by atoms with Crippen LogP contribution in [0.25, 0.3) is 0 Å². The first kappa shape index (κ1) is 19.7. The van der Waals surface area contributed by atoms with Crippen LogP contribution in [0, 0.1) is 6.92 Å². The fourth-order valence-electron chi connectivity index (χ4n) is 3.60. The van der Waals surface area contributed by atoms with Crippen molar-refractivity contribution in [3.8, 4) is 0 Å². The standard InChI is InChI=1S/C23H21ClN2O2S/c1-14-7-2-4-11-18(14)25-22(28)20-17-10-3-5-12-19(17)29-23(20)26-21(27)15-8-6-9-16(24)13-15/h2,4,6-9,11,13H,3,5,10,12H2,1H3,(H,25,28)(H,26,27). The van der Waals surface area contributed by atoms with Crippen molar-refractivity contribution in [3.05, 3.63) is 80.7 Å². The van der Waals surface area contributed by atoms with Gasteiger partial charge in [0.05, 0.1) is 5.56 Å². The zero-order chi connectivity index (χ0) is 20.4. The summed E-state index contributed by atoms with van der Waals surface area (Å²) in [5.74, 6) is -0.448. The molecule has 3 aromatic rings. The van der Waals surface area contributed by atoms with Gasteiger partial charge in [-0.15, -0.1) is 11.3 Å². The molecule has 0 radical (unpaired) electrons. The number of fused-ring (bicyclic) bond motifs is 1. The lowest BCUT2D eigenvalue weighted by Gasteiger charge is -2.14. The molecule has 0 bridgehead atoms. The summed E-state index contributed by atoms with van der Waals surface area (Å²) < 4.78 is 0. The zero-order valence-electron chi connectivity index (χ0n) is 16.0. The van der Waals surface area contributed by atoms with Crippen molar-refractivity contribution in [2.75, 3.05) is 10.6 Å². The molecular weight excluding hydrogens is 404 g/mol. The Morgan fingerprint density at radius 2 is 1.76 bits per heavy atom. The molecule has 4 rings (SSSR count). The largest absolute Gasteiger partial charge is 0.322 e. The Labute approximate surface area is 178 Å². The molecule has 148 valence electrons. The van der Waals surface area contributed by atoms with Gasteiger partial charge in [-0.05, 0) is 68.0 Å². The predicted octanol–water partition coefficient (Wildman–Crippen LogP) is 6.09. The van der Waals surface area contributed by atoms with Crippen molar-refractivity contribution in [1.82, 2.24) is 0 Å². The number of amides is 2. The predicted molar refractivity (Wildman–Crippen MR) is 119 cm³/mol. The van der Waals surface area contributed by atoms with Crippen LogP contribution in [0.1, 0.15) is 49.6 Å². The molecule has 0 unspecified atom stereocenters. The highest BCUT2D eigenvalue weighted by atomic mass is 35.5. The van der Waals surface area contributed by atoms with Crippen molar-refractivity contribution in [1.29, 1.82) is 0 Å². The fourth-order valence-corrected chi connectivity index (χ4v) is 5.07. The van der Waals surface area contributed by atoms with Crippen LogP contribution in [-0.4, -0.2) is 11.8 Å². The van der Waals surface area contributed by atoms with Gasteiger partial charge in [0.2, 0.25) is 0 Å². The van der Waals surface area contributed by atoms with Crippen molar-refractivity contribution < 1.29 is 9.59 Å². The molecule has 2 N–H and O–H groups in total. The Bertz CT molecular complexity index is 1090. The molecule has 0 saturated carbocycles. The number of carbonyl (C=O) groups is 2. The molecule has 1 aliphatic carbocycles. The van der Waals surface area contributed by atoms with Crippen LogP contribution in [0.3, 0.4) is 0 Å². The monoisotopic (exact) mass is 424 g/mol. The van der Waals surface area contributed by atoms with E-state index in [0.29, 0.717) is 21.2 Å². The van der Waals surface area contributed by atoms with Crippen molar-refractivity contribution in [3.63, 3.8) is 0 Å². The van der Waals surface area contributed by atoms with Gasteiger partial charge in [0.1, 0.15) is 5.00 Å². The van der Waals surface area contributed by atoms with E-state index in [1.54, 1.807) is 24.3 Å². The molecule has 1 aliphatic rings. The molecular formula is C23H21ClN2O2S. The average molecular weight is 425 g/mol. The van der Waals surface area contributed by atoms with E-state index < -0.39 is 0 Å². The highest BCUT2D eigenvalue weighted by Gasteiger charge is 2.27. The summed E-state index contributed by atoms with van der Waals surface area (Å²) in [5, 5.41) is 7.08. The first-order valence-electron chi connectivity index (χ1n) is 9.61. The Morgan fingerprint density at radius 3 is 2.55 bits per heavy atom. The minimum absolute atomic E-state index is 0.180. The highest BCUT2D eigenvalue weighted by Crippen LogP contribution is 2.39. The van der Waals surface area contributed by atoms with Gasteiger partial charge in [-0.2, -0.15) is 0 Å². The molecule has 1 heterocycles. The summed E-state index contributed by atoms with van der Waals surface area (Å²) in [6.45, 7) is 1.96. The molecule has 29 heavy (non-hydrogen) atoms. The summed E-state index contributed by atoms with van der Waals surface area (Å²) >= 11 is 7.53. The molecule has 0 saturated heterocycles. The molecule has 2 aromatic carbocycles. The van der Waals surface area contributed by atoms with E-state index >= 15 is 0 Å². The zero-order valence-corrected chi connectivity index (χ0v) is 17.6. The Balaban J connectivity index is 1.67. The van der Waals surface area contributed by atoms with Gasteiger partial charge >= 0.3 is 0 Å². The topological polar surface area (TPSA) is 58.2 Å². The van der Waals surface area contributed by atoms with Crippen molar-refractivity contribution >= 4 is 45.4 Å². The third kappa shape index (κ3) is 4.21. The number of hydrogen-bond donors (Lipinski definition) is 2. The highest BCUT2D eigenvalue weighted by molar-refractivity contribution is 7.17. The lowest BCUT2D eigenvalue weighted by Crippen LogP contribution is -2.19. The Morgan fingerprint density at radius 1 is 0.966 bits per heavy atom. The molecule has 6 heteroatoms. The number of halogens is 1.